The van der Waals surface area contributed by atoms with Gasteiger partial charge in [0.1, 0.15) is 0 Å². The first-order chi connectivity index (χ1) is 27.2. The first kappa shape index (κ1) is 30.7. The number of fused-ring (bicyclic) bond motifs is 9. The summed E-state index contributed by atoms with van der Waals surface area (Å²) in [6.45, 7) is 0. The van der Waals surface area contributed by atoms with Crippen LogP contribution in [0.2, 0.25) is 0 Å². The summed E-state index contributed by atoms with van der Waals surface area (Å²) in [4.78, 5) is 0. The number of benzene rings is 8. The van der Waals surface area contributed by atoms with Crippen LogP contribution >= 0.6 is 0 Å². The van der Waals surface area contributed by atoms with Gasteiger partial charge < -0.3 is 13.7 Å². The van der Waals surface area contributed by atoms with Crippen LogP contribution in [0.25, 0.3) is 93.6 Å². The van der Waals surface area contributed by atoms with E-state index in [0.29, 0.717) is 11.1 Å². The topological polar surface area (TPSA) is 62.4 Å². The zero-order valence-electron chi connectivity index (χ0n) is 29.5. The van der Waals surface area contributed by atoms with Crippen LogP contribution in [0.3, 0.4) is 0 Å². The fourth-order valence-corrected chi connectivity index (χ4v) is 8.75. The van der Waals surface area contributed by atoms with E-state index in [1.165, 1.54) is 21.5 Å². The zero-order chi connectivity index (χ0) is 36.6. The van der Waals surface area contributed by atoms with Gasteiger partial charge in [-0.2, -0.15) is 10.5 Å². The van der Waals surface area contributed by atoms with E-state index in [0.717, 1.165) is 72.1 Å². The SMILES string of the molecule is N#Cc1cc(-c2ccccc2-n2c3ccccc3c3ccccc32)cc(-n2c3ccc(C#N)cc3c3ccc(-n4c5ccccc5c5ccccc54)cc32)c1. The van der Waals surface area contributed by atoms with Crippen molar-refractivity contribution in [2.45, 2.75) is 0 Å². The highest BCUT2D eigenvalue weighted by Gasteiger charge is 2.20. The molecule has 0 atom stereocenters. The predicted octanol–water partition coefficient (Wildman–Crippen LogP) is 12.4. The zero-order valence-corrected chi connectivity index (χ0v) is 29.5. The molecule has 5 heteroatoms. The Labute approximate surface area is 316 Å². The maximum Gasteiger partial charge on any atom is 0.0992 e. The monoisotopic (exact) mass is 699 g/mol. The number of aromatic nitrogens is 3. The maximum absolute atomic E-state index is 10.5. The van der Waals surface area contributed by atoms with Crippen molar-refractivity contribution in [3.63, 3.8) is 0 Å². The van der Waals surface area contributed by atoms with E-state index < -0.39 is 0 Å². The van der Waals surface area contributed by atoms with Crippen LogP contribution in [0, 0.1) is 22.7 Å². The second-order valence-corrected chi connectivity index (χ2v) is 14.0. The van der Waals surface area contributed by atoms with Crippen molar-refractivity contribution in [1.82, 2.24) is 13.7 Å². The highest BCUT2D eigenvalue weighted by Crippen LogP contribution is 2.40. The van der Waals surface area contributed by atoms with Gasteiger partial charge in [0.25, 0.3) is 0 Å². The quantitative estimate of drug-likeness (QED) is 0.184. The summed E-state index contributed by atoms with van der Waals surface area (Å²) >= 11 is 0. The Kier molecular flexibility index (Phi) is 6.61. The van der Waals surface area contributed by atoms with Gasteiger partial charge in [-0.3, -0.25) is 0 Å². The molecular formula is C50H29N5. The van der Waals surface area contributed by atoms with Crippen molar-refractivity contribution in [2.75, 3.05) is 0 Å². The number of hydrogen-bond donors (Lipinski definition) is 0. The summed E-state index contributed by atoms with van der Waals surface area (Å²) in [5.41, 5.74) is 12.5. The van der Waals surface area contributed by atoms with Gasteiger partial charge in [0.2, 0.25) is 0 Å². The average molecular weight is 700 g/mol. The summed E-state index contributed by atoms with van der Waals surface area (Å²) in [7, 11) is 0. The summed E-state index contributed by atoms with van der Waals surface area (Å²) in [5.74, 6) is 0. The van der Waals surface area contributed by atoms with Gasteiger partial charge in [0.15, 0.2) is 0 Å². The molecule has 0 saturated heterocycles. The van der Waals surface area contributed by atoms with Crippen LogP contribution in [-0.2, 0) is 0 Å². The van der Waals surface area contributed by atoms with Gasteiger partial charge in [-0.25, -0.2) is 0 Å². The molecule has 0 aliphatic carbocycles. The molecule has 55 heavy (non-hydrogen) atoms. The van der Waals surface area contributed by atoms with Crippen LogP contribution < -0.4 is 0 Å². The van der Waals surface area contributed by atoms with Crippen molar-refractivity contribution in [1.29, 1.82) is 10.5 Å². The highest BCUT2D eigenvalue weighted by molar-refractivity contribution is 6.13. The second kappa shape index (κ2) is 11.8. The van der Waals surface area contributed by atoms with Crippen molar-refractivity contribution in [2.24, 2.45) is 0 Å². The normalized spacial score (nSPS) is 11.6. The molecule has 0 amide bonds. The molecular weight excluding hydrogens is 671 g/mol. The number of hydrogen-bond acceptors (Lipinski definition) is 2. The van der Waals surface area contributed by atoms with Crippen molar-refractivity contribution >= 4 is 65.4 Å². The van der Waals surface area contributed by atoms with Crippen molar-refractivity contribution < 1.29 is 0 Å². The molecule has 5 nitrogen and oxygen atoms in total. The third kappa shape index (κ3) is 4.51. The van der Waals surface area contributed by atoms with E-state index in [4.69, 9.17) is 0 Å². The highest BCUT2D eigenvalue weighted by atomic mass is 15.0. The molecule has 0 bridgehead atoms. The first-order valence-corrected chi connectivity index (χ1v) is 18.3. The molecule has 0 fully saturated rings. The number of rotatable bonds is 4. The minimum Gasteiger partial charge on any atom is -0.309 e. The van der Waals surface area contributed by atoms with Crippen LogP contribution in [0.1, 0.15) is 11.1 Å². The summed E-state index contributed by atoms with van der Waals surface area (Å²) in [6.07, 6.45) is 0. The fourth-order valence-electron chi connectivity index (χ4n) is 8.75. The lowest BCUT2D eigenvalue weighted by Gasteiger charge is -2.16. The van der Waals surface area contributed by atoms with Gasteiger partial charge in [0.05, 0.1) is 62.1 Å². The van der Waals surface area contributed by atoms with Crippen LogP contribution in [0.5, 0.6) is 0 Å². The molecule has 11 rings (SSSR count). The largest absolute Gasteiger partial charge is 0.309 e. The Balaban J connectivity index is 1.19. The molecule has 0 aliphatic rings. The Morgan fingerprint density at radius 1 is 0.327 bits per heavy atom. The summed E-state index contributed by atoms with van der Waals surface area (Å²) in [5, 5.41) is 27.3. The third-order valence-electron chi connectivity index (χ3n) is 11.1. The molecule has 8 aromatic carbocycles. The van der Waals surface area contributed by atoms with E-state index in [-0.39, 0.29) is 0 Å². The van der Waals surface area contributed by atoms with E-state index in [9.17, 15) is 10.5 Å². The summed E-state index contributed by atoms with van der Waals surface area (Å²) in [6, 6.07) is 66.0. The fraction of sp³-hybridized carbons (Fsp3) is 0. The lowest BCUT2D eigenvalue weighted by atomic mass is 10.00. The van der Waals surface area contributed by atoms with E-state index in [1.54, 1.807) is 0 Å². The van der Waals surface area contributed by atoms with Gasteiger partial charge in [-0.05, 0) is 84.4 Å². The number of nitriles is 2. The molecule has 0 N–H and O–H groups in total. The van der Waals surface area contributed by atoms with Crippen molar-refractivity contribution in [3.8, 4) is 40.3 Å². The van der Waals surface area contributed by atoms with E-state index in [1.807, 2.05) is 30.3 Å². The molecule has 0 spiro atoms. The maximum atomic E-state index is 10.5. The molecule has 0 unspecified atom stereocenters. The van der Waals surface area contributed by atoms with E-state index in [2.05, 4.69) is 171 Å². The van der Waals surface area contributed by atoms with Gasteiger partial charge in [0, 0.05) is 49.3 Å². The number of para-hydroxylation sites is 5. The molecule has 3 aromatic heterocycles. The average Bonchev–Trinajstić information content (AvgIpc) is 3.88. The van der Waals surface area contributed by atoms with Gasteiger partial charge in [-0.15, -0.1) is 0 Å². The first-order valence-electron chi connectivity index (χ1n) is 18.3. The van der Waals surface area contributed by atoms with Crippen LogP contribution in [0.15, 0.2) is 176 Å². The van der Waals surface area contributed by atoms with Crippen LogP contribution in [-0.4, -0.2) is 13.7 Å². The van der Waals surface area contributed by atoms with Crippen LogP contribution in [0.4, 0.5) is 0 Å². The smallest absolute Gasteiger partial charge is 0.0992 e. The lowest BCUT2D eigenvalue weighted by Crippen LogP contribution is -2.00. The Morgan fingerprint density at radius 2 is 0.836 bits per heavy atom. The predicted molar refractivity (Wildman–Crippen MR) is 224 cm³/mol. The minimum atomic E-state index is 0.562. The van der Waals surface area contributed by atoms with Gasteiger partial charge in [-0.1, -0.05) is 97.1 Å². The molecule has 254 valence electrons. The number of nitrogens with zero attached hydrogens (tertiary/aromatic N) is 5. The molecule has 0 saturated carbocycles. The van der Waals surface area contributed by atoms with E-state index >= 15 is 0 Å². The molecule has 3 heterocycles. The van der Waals surface area contributed by atoms with Gasteiger partial charge >= 0.3 is 0 Å². The standard InChI is InChI=1S/C50H29N5/c51-30-32-21-24-49-43(27-32)42-23-22-35(53-45-17-7-2-12-38(45)39-13-3-8-18-46(39)53)29-50(42)54(49)36-26-33(31-52)25-34(28-36)37-11-1-6-16-44(37)55-47-19-9-4-14-40(47)41-15-5-10-20-48(41)55/h1-29H. The minimum absolute atomic E-state index is 0.562. The Bertz CT molecular complexity index is 3360. The molecule has 11 aromatic rings. The lowest BCUT2D eigenvalue weighted by molar-refractivity contribution is 1.15. The second-order valence-electron chi connectivity index (χ2n) is 14.0. The molecule has 0 radical (unpaired) electrons. The Hall–Kier alpha value is -7.86. The molecule has 0 aliphatic heterocycles. The third-order valence-corrected chi connectivity index (χ3v) is 11.1. The summed E-state index contributed by atoms with van der Waals surface area (Å²) < 4.78 is 6.91. The van der Waals surface area contributed by atoms with Crippen molar-refractivity contribution in [3.05, 3.63) is 187 Å². The Morgan fingerprint density at radius 3 is 1.45 bits per heavy atom.